The number of ketones is 1. The first-order valence-corrected chi connectivity index (χ1v) is 7.65. The van der Waals surface area contributed by atoms with Crippen LogP contribution in [0.1, 0.15) is 16.9 Å². The first-order chi connectivity index (χ1) is 10.2. The molecule has 0 amide bonds. The maximum absolute atomic E-state index is 11.7. The summed E-state index contributed by atoms with van der Waals surface area (Å²) in [5.74, 6) is 2.65. The molecule has 1 aromatic heterocycles. The lowest BCUT2D eigenvalue weighted by Gasteiger charge is -1.97. The molecular weight excluding hydrogens is 298 g/mol. The number of hydrogen-bond acceptors (Lipinski definition) is 3. The molecule has 0 unspecified atom stereocenters. The van der Waals surface area contributed by atoms with Crippen LogP contribution in [0.25, 0.3) is 17.2 Å². The number of Topliss-reactive ketones (excluding diaryl/α,β-unsaturated/α-hetero) is 1. The number of rotatable bonds is 2. The third-order valence-corrected chi connectivity index (χ3v) is 4.31. The second-order valence-corrected chi connectivity index (χ2v) is 6.10. The van der Waals surface area contributed by atoms with Gasteiger partial charge in [-0.1, -0.05) is 30.3 Å². The second-order valence-electron chi connectivity index (χ2n) is 4.67. The van der Waals surface area contributed by atoms with Crippen LogP contribution in [0.4, 0.5) is 0 Å². The van der Waals surface area contributed by atoms with Gasteiger partial charge in [0.1, 0.15) is 0 Å². The average molecular weight is 309 g/mol. The quantitative estimate of drug-likeness (QED) is 0.522. The monoisotopic (exact) mass is 309 g/mol. The Kier molecular flexibility index (Phi) is 3.70. The van der Waals surface area contributed by atoms with Crippen LogP contribution in [0.3, 0.4) is 0 Å². The number of hydrogen-bond donors (Lipinski definition) is 1. The molecule has 2 heterocycles. The topological polar surface area (TPSA) is 29.1 Å². The van der Waals surface area contributed by atoms with Crippen LogP contribution in [0.15, 0.2) is 41.4 Å². The van der Waals surface area contributed by atoms with Gasteiger partial charge in [-0.2, -0.15) is 0 Å². The second kappa shape index (κ2) is 5.65. The van der Waals surface area contributed by atoms with E-state index in [4.69, 9.17) is 18.6 Å². The van der Waals surface area contributed by atoms with E-state index in [1.54, 1.807) is 11.3 Å². The van der Waals surface area contributed by atoms with Crippen LogP contribution in [0.2, 0.25) is 0 Å². The molecule has 0 saturated carbocycles. The molecule has 0 spiro atoms. The summed E-state index contributed by atoms with van der Waals surface area (Å²) in [6.07, 6.45) is 7.52. The number of carbonyl (C=O) groups excluding carboxylic acids is 1. The Labute approximate surface area is 132 Å². The Morgan fingerprint density at radius 2 is 2.05 bits per heavy atom. The molecule has 4 heteroatoms. The minimum Gasteiger partial charge on any atom is -0.347 e. The van der Waals surface area contributed by atoms with E-state index in [-0.39, 0.29) is 5.78 Å². The van der Waals surface area contributed by atoms with Crippen LogP contribution < -0.4 is 5.32 Å². The number of carbonyl (C=O) groups is 1. The van der Waals surface area contributed by atoms with Gasteiger partial charge >= 0.3 is 0 Å². The predicted molar refractivity (Wildman–Crippen MR) is 91.0 cm³/mol. The van der Waals surface area contributed by atoms with Crippen molar-refractivity contribution in [3.63, 3.8) is 0 Å². The van der Waals surface area contributed by atoms with Gasteiger partial charge in [-0.3, -0.25) is 4.79 Å². The fourth-order valence-electron chi connectivity index (χ4n) is 2.10. The minimum absolute atomic E-state index is 0.0494. The van der Waals surface area contributed by atoms with Crippen LogP contribution in [0.5, 0.6) is 0 Å². The highest BCUT2D eigenvalue weighted by atomic mass is 32.1. The first-order valence-electron chi connectivity index (χ1n) is 6.36. The summed E-state index contributed by atoms with van der Waals surface area (Å²) < 4.78 is 0. The molecule has 21 heavy (non-hydrogen) atoms. The zero-order valence-corrected chi connectivity index (χ0v) is 12.7. The standard InChI is InChI=1S/C17H11NOS2/c1-2-11-3-5-12(6-4-11)13-7-14(21-10-13)8-15-16(19)9-17(20)18-15/h1,3-8,10H,9H2,(H,18,20). The number of benzene rings is 1. The molecule has 0 atom stereocenters. The van der Waals surface area contributed by atoms with E-state index >= 15 is 0 Å². The summed E-state index contributed by atoms with van der Waals surface area (Å²) in [4.78, 5) is 13.3. The van der Waals surface area contributed by atoms with Gasteiger partial charge in [0.25, 0.3) is 0 Å². The Morgan fingerprint density at radius 3 is 2.67 bits per heavy atom. The number of nitrogens with one attached hydrogen (secondary N) is 1. The molecule has 3 rings (SSSR count). The minimum atomic E-state index is 0.0494. The van der Waals surface area contributed by atoms with Crippen molar-refractivity contribution in [1.29, 1.82) is 0 Å². The molecule has 0 bridgehead atoms. The molecule has 1 aliphatic rings. The molecule has 2 aromatic rings. The Morgan fingerprint density at radius 1 is 1.29 bits per heavy atom. The van der Waals surface area contributed by atoms with Crippen LogP contribution in [-0.2, 0) is 4.79 Å². The van der Waals surface area contributed by atoms with Crippen molar-refractivity contribution in [2.45, 2.75) is 6.42 Å². The summed E-state index contributed by atoms with van der Waals surface area (Å²) in [7, 11) is 0. The van der Waals surface area contributed by atoms with Crippen LogP contribution in [0, 0.1) is 12.3 Å². The fourth-order valence-corrected chi connectivity index (χ4v) is 3.19. The van der Waals surface area contributed by atoms with Gasteiger partial charge in [-0.15, -0.1) is 17.8 Å². The Bertz CT molecular complexity index is 791. The van der Waals surface area contributed by atoms with Crippen molar-refractivity contribution < 1.29 is 4.79 Å². The van der Waals surface area contributed by atoms with Gasteiger partial charge < -0.3 is 5.32 Å². The maximum atomic E-state index is 11.7. The lowest BCUT2D eigenvalue weighted by Crippen LogP contribution is -2.10. The van der Waals surface area contributed by atoms with E-state index in [1.165, 1.54) is 0 Å². The molecule has 1 saturated heterocycles. The molecular formula is C17H11NOS2. The highest BCUT2D eigenvalue weighted by molar-refractivity contribution is 7.80. The molecule has 1 aliphatic heterocycles. The first kappa shape index (κ1) is 13.7. The van der Waals surface area contributed by atoms with Crippen molar-refractivity contribution in [3.05, 3.63) is 51.8 Å². The zero-order valence-electron chi connectivity index (χ0n) is 11.1. The third kappa shape index (κ3) is 2.94. The van der Waals surface area contributed by atoms with Gasteiger partial charge in [-0.25, -0.2) is 0 Å². The van der Waals surface area contributed by atoms with E-state index in [9.17, 15) is 4.79 Å². The smallest absolute Gasteiger partial charge is 0.185 e. The summed E-state index contributed by atoms with van der Waals surface area (Å²) in [5, 5.41) is 5.01. The van der Waals surface area contributed by atoms with Crippen molar-refractivity contribution in [2.75, 3.05) is 0 Å². The van der Waals surface area contributed by atoms with Crippen molar-refractivity contribution >= 4 is 40.4 Å². The highest BCUT2D eigenvalue weighted by Gasteiger charge is 2.20. The van der Waals surface area contributed by atoms with E-state index in [1.807, 2.05) is 30.3 Å². The molecule has 102 valence electrons. The highest BCUT2D eigenvalue weighted by Crippen LogP contribution is 2.27. The summed E-state index contributed by atoms with van der Waals surface area (Å²) in [5.41, 5.74) is 3.67. The molecule has 2 nitrogen and oxygen atoms in total. The number of allylic oxidation sites excluding steroid dienone is 1. The number of thiophene rings is 1. The van der Waals surface area contributed by atoms with E-state index in [0.717, 1.165) is 21.6 Å². The van der Waals surface area contributed by atoms with Crippen LogP contribution >= 0.6 is 23.6 Å². The summed E-state index contributed by atoms with van der Waals surface area (Å²) in [6, 6.07) is 9.90. The van der Waals surface area contributed by atoms with Gasteiger partial charge in [0.05, 0.1) is 17.1 Å². The lowest BCUT2D eigenvalue weighted by atomic mass is 10.1. The lowest BCUT2D eigenvalue weighted by molar-refractivity contribution is -0.113. The molecule has 1 N–H and O–H groups in total. The summed E-state index contributed by atoms with van der Waals surface area (Å²) >= 11 is 6.60. The normalized spacial score (nSPS) is 16.0. The predicted octanol–water partition coefficient (Wildman–Crippen LogP) is 3.63. The maximum Gasteiger partial charge on any atom is 0.185 e. The molecule has 0 aliphatic carbocycles. The van der Waals surface area contributed by atoms with E-state index < -0.39 is 0 Å². The van der Waals surface area contributed by atoms with Crippen molar-refractivity contribution in [3.8, 4) is 23.5 Å². The SMILES string of the molecule is C#Cc1ccc(-c2csc(C=C3NC(=S)CC3=O)c2)cc1. The zero-order chi connectivity index (χ0) is 14.8. The van der Waals surface area contributed by atoms with E-state index in [2.05, 4.69) is 22.7 Å². The largest absolute Gasteiger partial charge is 0.347 e. The summed E-state index contributed by atoms with van der Waals surface area (Å²) in [6.45, 7) is 0. The van der Waals surface area contributed by atoms with E-state index in [0.29, 0.717) is 17.1 Å². The Hall–Kier alpha value is -2.22. The Balaban J connectivity index is 1.86. The third-order valence-electron chi connectivity index (χ3n) is 3.19. The van der Waals surface area contributed by atoms with Gasteiger partial charge in [-0.05, 0) is 40.8 Å². The van der Waals surface area contributed by atoms with Gasteiger partial charge in [0.15, 0.2) is 5.78 Å². The van der Waals surface area contributed by atoms with Crippen molar-refractivity contribution in [2.24, 2.45) is 0 Å². The number of thiocarbonyl (C=S) groups is 1. The van der Waals surface area contributed by atoms with Gasteiger partial charge in [0.2, 0.25) is 0 Å². The number of terminal acetylenes is 1. The van der Waals surface area contributed by atoms with Crippen LogP contribution in [-0.4, -0.2) is 10.8 Å². The molecule has 1 fully saturated rings. The van der Waals surface area contributed by atoms with Gasteiger partial charge in [0, 0.05) is 10.4 Å². The fraction of sp³-hybridized carbons (Fsp3) is 0.0588. The average Bonchev–Trinajstić information content (AvgIpc) is 3.07. The molecule has 0 radical (unpaired) electrons. The molecule has 1 aromatic carbocycles. The van der Waals surface area contributed by atoms with Crippen molar-refractivity contribution in [1.82, 2.24) is 5.32 Å².